The predicted octanol–water partition coefficient (Wildman–Crippen LogP) is 32.6. The summed E-state index contributed by atoms with van der Waals surface area (Å²) in [5, 5.41) is 14.1. The van der Waals surface area contributed by atoms with Crippen molar-refractivity contribution in [3.8, 4) is 124 Å². The molecule has 28 aromatic rings. The van der Waals surface area contributed by atoms with Crippen LogP contribution in [0.5, 0.6) is 0 Å². The molecule has 138 heavy (non-hydrogen) atoms. The molecule has 9 aromatic heterocycles. The van der Waals surface area contributed by atoms with E-state index in [0.717, 1.165) is 189 Å². The molecule has 19 aromatic carbocycles. The highest BCUT2D eigenvalue weighted by Crippen LogP contribution is 2.46. The van der Waals surface area contributed by atoms with Gasteiger partial charge < -0.3 is 27.1 Å². The number of para-hydroxylation sites is 7. The quantitative estimate of drug-likeness (QED) is 0.112. The van der Waals surface area contributed by atoms with Crippen molar-refractivity contribution in [2.24, 2.45) is 0 Å². The number of furan rings is 2. The first-order valence-corrected chi connectivity index (χ1v) is 46.4. The van der Waals surface area contributed by atoms with Gasteiger partial charge in [0.2, 0.25) is 0 Å². The maximum atomic E-state index is 6.32. The summed E-state index contributed by atoms with van der Waals surface area (Å²) >= 11 is 0. The third kappa shape index (κ3) is 14.3. The Hall–Kier alpha value is -18.8. The van der Waals surface area contributed by atoms with Crippen molar-refractivity contribution in [1.29, 1.82) is 0 Å². The summed E-state index contributed by atoms with van der Waals surface area (Å²) in [6, 6.07) is 169. The van der Waals surface area contributed by atoms with Crippen LogP contribution in [0.4, 0.5) is 0 Å². The molecular weight excluding hydrogens is 1690 g/mol. The van der Waals surface area contributed by atoms with Gasteiger partial charge in [0.1, 0.15) is 22.3 Å². The Morgan fingerprint density at radius 2 is 0.355 bits per heavy atom. The van der Waals surface area contributed by atoms with E-state index in [4.69, 9.17) is 38.7 Å². The third-order valence-electron chi connectivity index (χ3n) is 26.5. The van der Waals surface area contributed by atoms with Gasteiger partial charge in [-0.3, -0.25) is 0 Å². The molecule has 0 radical (unpaired) electrons. The van der Waals surface area contributed by atoms with E-state index in [1.807, 2.05) is 109 Å². The van der Waals surface area contributed by atoms with Crippen molar-refractivity contribution in [2.45, 2.75) is 0 Å². The standard InChI is InChI=1S/C46H30N4.2C40H25N3O/c1-4-15-31(16-5-1)40-30-41(32-17-6-2-7-18-32)48-46(47-40)33-19-14-22-35(27-33)50-43-26-13-11-24-37(43)39-28-44-38(29-45(39)50)36-23-10-12-25-42(36)49(44)34-20-8-3-9-21-34;1-3-12-26(13-4-1)34-25-35(27-14-5-2-6-15-27)42-40(41-34)28-16-11-17-29(22-28)43-36-20-9-7-18-30(36)32-24-39-33(23-37(32)43)31-19-8-10-21-38(31)44-39;1-3-12-26(13-4-1)34-24-35(27-14-5-2-6-15-27)42-40(41-34)28-16-11-17-29(22-28)43-36-20-9-7-18-30(36)32-23-33-31-19-8-10-21-38(31)44-39(33)25-37(32)43/h1-30H;2*1-25H. The Balaban J connectivity index is 0.000000107. The monoisotopic (exact) mass is 1760 g/mol. The zero-order valence-corrected chi connectivity index (χ0v) is 74.5. The molecule has 0 aliphatic rings. The highest BCUT2D eigenvalue weighted by molar-refractivity contribution is 6.21. The van der Waals surface area contributed by atoms with Crippen LogP contribution in [0.1, 0.15) is 0 Å². The summed E-state index contributed by atoms with van der Waals surface area (Å²) in [5.41, 5.74) is 31.7. The number of hydrogen-bond donors (Lipinski definition) is 0. The lowest BCUT2D eigenvalue weighted by atomic mass is 10.1. The van der Waals surface area contributed by atoms with Gasteiger partial charge in [-0.05, 0) is 133 Å². The van der Waals surface area contributed by atoms with Crippen LogP contribution >= 0.6 is 0 Å². The summed E-state index contributed by atoms with van der Waals surface area (Å²) < 4.78 is 22.0. The molecule has 28 rings (SSSR count). The van der Waals surface area contributed by atoms with Crippen molar-refractivity contribution in [3.05, 3.63) is 485 Å². The van der Waals surface area contributed by atoms with Crippen LogP contribution in [0.2, 0.25) is 0 Å². The summed E-state index contributed by atoms with van der Waals surface area (Å²) in [6.07, 6.45) is 0. The minimum Gasteiger partial charge on any atom is -0.456 e. The van der Waals surface area contributed by atoms with E-state index >= 15 is 0 Å². The van der Waals surface area contributed by atoms with Gasteiger partial charge in [-0.15, -0.1) is 0 Å². The largest absolute Gasteiger partial charge is 0.456 e. The SMILES string of the molecule is c1ccc(-c2cc(-c3ccccc3)nc(-c3cccc(-n4c5ccccc5c5cc6c(cc54)c4ccccc4n6-c4ccccc4)c3)n2)cc1.c1ccc(-c2cc(-c3ccccc3)nc(-c3cccc(-n4c5ccccc5c5cc6c(cc54)oc4ccccc46)c3)n2)cc1.c1ccc(-c2cc(-c3ccccc3)nc(-c3cccc(-n4c5ccccc5c5cc6oc7ccccc7c6cc54)c3)n2)cc1. The fourth-order valence-electron chi connectivity index (χ4n) is 20.1. The normalized spacial score (nSPS) is 11.6. The first-order valence-electron chi connectivity index (χ1n) is 46.4. The summed E-state index contributed by atoms with van der Waals surface area (Å²) in [7, 11) is 0. The Labute approximate surface area is 792 Å². The number of nitrogens with zero attached hydrogens (tertiary/aromatic N) is 10. The van der Waals surface area contributed by atoms with Gasteiger partial charge in [-0.1, -0.05) is 346 Å². The van der Waals surface area contributed by atoms with Crippen LogP contribution in [-0.4, -0.2) is 48.2 Å². The predicted molar refractivity (Wildman–Crippen MR) is 567 cm³/mol. The molecule has 0 aliphatic heterocycles. The molecule has 0 atom stereocenters. The molecule has 0 fully saturated rings. The van der Waals surface area contributed by atoms with Gasteiger partial charge in [0.15, 0.2) is 17.5 Å². The second kappa shape index (κ2) is 33.8. The second-order valence-electron chi connectivity index (χ2n) is 34.8. The Bertz CT molecular complexity index is 9400. The van der Waals surface area contributed by atoms with Gasteiger partial charge >= 0.3 is 0 Å². The number of aromatic nitrogens is 10. The summed E-state index contributed by atoms with van der Waals surface area (Å²) in [5.74, 6) is 2.07. The van der Waals surface area contributed by atoms with E-state index in [2.05, 4.69) is 394 Å². The molecule has 0 N–H and O–H groups in total. The molecule has 0 bridgehead atoms. The van der Waals surface area contributed by atoms with E-state index in [-0.39, 0.29) is 0 Å². The van der Waals surface area contributed by atoms with Crippen LogP contribution in [0, 0.1) is 0 Å². The number of rotatable bonds is 13. The van der Waals surface area contributed by atoms with E-state index in [9.17, 15) is 0 Å². The molecule has 0 spiro atoms. The van der Waals surface area contributed by atoms with E-state index in [1.54, 1.807) is 0 Å². The molecule has 9 heterocycles. The minimum absolute atomic E-state index is 0.687. The smallest absolute Gasteiger partial charge is 0.160 e. The number of hydrogen-bond acceptors (Lipinski definition) is 8. The van der Waals surface area contributed by atoms with Crippen molar-refractivity contribution in [2.75, 3.05) is 0 Å². The maximum Gasteiger partial charge on any atom is 0.160 e. The zero-order chi connectivity index (χ0) is 91.1. The van der Waals surface area contributed by atoms with Crippen LogP contribution in [0.25, 0.3) is 256 Å². The van der Waals surface area contributed by atoms with E-state index in [0.29, 0.717) is 17.5 Å². The Kier molecular flexibility index (Phi) is 19.6. The number of fused-ring (bicyclic) bond motifs is 18. The molecule has 0 unspecified atom stereocenters. The van der Waals surface area contributed by atoms with Crippen molar-refractivity contribution < 1.29 is 8.83 Å². The lowest BCUT2D eigenvalue weighted by Crippen LogP contribution is -1.98. The van der Waals surface area contributed by atoms with Gasteiger partial charge in [-0.25, -0.2) is 29.9 Å². The van der Waals surface area contributed by atoms with Gasteiger partial charge in [0.05, 0.1) is 78.3 Å². The first kappa shape index (κ1) is 80.1. The Morgan fingerprint density at radius 3 is 0.681 bits per heavy atom. The van der Waals surface area contributed by atoms with E-state index in [1.165, 1.54) is 48.7 Å². The number of benzene rings is 19. The second-order valence-corrected chi connectivity index (χ2v) is 34.8. The van der Waals surface area contributed by atoms with Crippen LogP contribution in [0.3, 0.4) is 0 Å². The molecule has 646 valence electrons. The molecule has 0 saturated heterocycles. The average Bonchev–Trinajstić information content (AvgIpc) is 1.55. The summed E-state index contributed by atoms with van der Waals surface area (Å²) in [4.78, 5) is 30.6. The molecule has 0 aliphatic carbocycles. The lowest BCUT2D eigenvalue weighted by Gasteiger charge is -2.12. The van der Waals surface area contributed by atoms with Crippen molar-refractivity contribution in [3.63, 3.8) is 0 Å². The minimum atomic E-state index is 0.687. The molecule has 0 amide bonds. The van der Waals surface area contributed by atoms with Crippen molar-refractivity contribution >= 4 is 131 Å². The Morgan fingerprint density at radius 1 is 0.130 bits per heavy atom. The molecule has 12 heteroatoms. The third-order valence-corrected chi connectivity index (χ3v) is 26.5. The topological polar surface area (TPSA) is 123 Å². The van der Waals surface area contributed by atoms with Crippen molar-refractivity contribution in [1.82, 2.24) is 48.2 Å². The van der Waals surface area contributed by atoms with Crippen LogP contribution in [-0.2, 0) is 0 Å². The maximum absolute atomic E-state index is 6.32. The first-order chi connectivity index (χ1) is 68.4. The highest BCUT2D eigenvalue weighted by Gasteiger charge is 2.25. The zero-order valence-electron chi connectivity index (χ0n) is 74.5. The fraction of sp³-hybridized carbons (Fsp3) is 0. The lowest BCUT2D eigenvalue weighted by molar-refractivity contribution is 0.669. The van der Waals surface area contributed by atoms with Gasteiger partial charge in [0.25, 0.3) is 0 Å². The van der Waals surface area contributed by atoms with Crippen LogP contribution in [0.15, 0.2) is 494 Å². The fourth-order valence-corrected chi connectivity index (χ4v) is 20.1. The summed E-state index contributed by atoms with van der Waals surface area (Å²) in [6.45, 7) is 0. The van der Waals surface area contributed by atoms with Gasteiger partial charge in [-0.2, -0.15) is 0 Å². The highest BCUT2D eigenvalue weighted by atomic mass is 16.3. The van der Waals surface area contributed by atoms with E-state index < -0.39 is 0 Å². The average molecular weight is 1770 g/mol. The van der Waals surface area contributed by atoms with Gasteiger partial charge in [0, 0.05) is 144 Å². The molecule has 12 nitrogen and oxygen atoms in total. The molecular formula is C126H80N10O2. The molecule has 0 saturated carbocycles. The van der Waals surface area contributed by atoms with Crippen LogP contribution < -0.4 is 0 Å².